The first-order valence-corrected chi connectivity index (χ1v) is 5.23. The summed E-state index contributed by atoms with van der Waals surface area (Å²) in [6.45, 7) is 0. The van der Waals surface area contributed by atoms with Crippen LogP contribution in [0.5, 0.6) is 0 Å². The Hall–Kier alpha value is -2.74. The van der Waals surface area contributed by atoms with E-state index in [4.69, 9.17) is 11.0 Å². The summed E-state index contributed by atoms with van der Waals surface area (Å²) in [4.78, 5) is 11.5. The molecule has 5 nitrogen and oxygen atoms in total. The average molecular weight is 241 g/mol. The Morgan fingerprint density at radius 1 is 1.44 bits per heavy atom. The zero-order chi connectivity index (χ0) is 13.1. The van der Waals surface area contributed by atoms with Crippen LogP contribution in [0.4, 0.5) is 5.69 Å². The largest absolute Gasteiger partial charge is 0.465 e. The van der Waals surface area contributed by atoms with Gasteiger partial charge in [0.25, 0.3) is 0 Å². The molecule has 0 saturated heterocycles. The lowest BCUT2D eigenvalue weighted by Gasteiger charge is -2.10. The molecule has 1 aromatic heterocycles. The molecule has 0 aliphatic heterocycles. The van der Waals surface area contributed by atoms with E-state index in [0.717, 1.165) is 0 Å². The van der Waals surface area contributed by atoms with Crippen LogP contribution >= 0.6 is 0 Å². The highest BCUT2D eigenvalue weighted by Gasteiger charge is 2.11. The number of carbonyl (C=O) groups excluding carboxylic acids is 1. The van der Waals surface area contributed by atoms with Crippen molar-refractivity contribution in [2.75, 3.05) is 12.8 Å². The van der Waals surface area contributed by atoms with Gasteiger partial charge in [0.2, 0.25) is 0 Å². The molecule has 0 spiro atoms. The predicted octanol–water partition coefficient (Wildman–Crippen LogP) is 1.72. The minimum Gasteiger partial charge on any atom is -0.465 e. The van der Waals surface area contributed by atoms with E-state index in [1.165, 1.54) is 7.11 Å². The van der Waals surface area contributed by atoms with Crippen molar-refractivity contribution in [1.29, 1.82) is 5.26 Å². The first-order valence-electron chi connectivity index (χ1n) is 5.23. The highest BCUT2D eigenvalue weighted by atomic mass is 16.5. The maximum Gasteiger partial charge on any atom is 0.337 e. The number of rotatable bonds is 2. The van der Waals surface area contributed by atoms with Crippen molar-refractivity contribution in [3.05, 3.63) is 47.8 Å². The van der Waals surface area contributed by atoms with Crippen LogP contribution in [0.1, 0.15) is 16.1 Å². The van der Waals surface area contributed by atoms with Gasteiger partial charge in [-0.1, -0.05) is 0 Å². The summed E-state index contributed by atoms with van der Waals surface area (Å²) in [5.41, 5.74) is 7.76. The molecular formula is C13H11N3O2. The number of nitriles is 1. The summed E-state index contributed by atoms with van der Waals surface area (Å²) in [6, 6.07) is 10.3. The zero-order valence-electron chi connectivity index (χ0n) is 9.75. The minimum atomic E-state index is -0.443. The quantitative estimate of drug-likeness (QED) is 0.641. The minimum absolute atomic E-state index is 0.388. The molecule has 2 rings (SSSR count). The van der Waals surface area contributed by atoms with Crippen molar-refractivity contribution in [1.82, 2.24) is 4.57 Å². The molecule has 0 amide bonds. The molecule has 0 unspecified atom stereocenters. The van der Waals surface area contributed by atoms with Crippen LogP contribution in [0.3, 0.4) is 0 Å². The second-order valence-electron chi connectivity index (χ2n) is 3.64. The van der Waals surface area contributed by atoms with Gasteiger partial charge in [0, 0.05) is 6.20 Å². The van der Waals surface area contributed by atoms with Crippen LogP contribution in [0.2, 0.25) is 0 Å². The van der Waals surface area contributed by atoms with Gasteiger partial charge in [0.15, 0.2) is 0 Å². The van der Waals surface area contributed by atoms with Gasteiger partial charge in [0.1, 0.15) is 11.8 Å². The van der Waals surface area contributed by atoms with Gasteiger partial charge < -0.3 is 15.0 Å². The van der Waals surface area contributed by atoms with Crippen LogP contribution in [0, 0.1) is 11.3 Å². The van der Waals surface area contributed by atoms with Gasteiger partial charge in [-0.05, 0) is 30.3 Å². The van der Waals surface area contributed by atoms with Crippen LogP contribution in [0.25, 0.3) is 5.69 Å². The number of anilines is 1. The molecule has 0 aliphatic rings. The van der Waals surface area contributed by atoms with E-state index in [2.05, 4.69) is 10.8 Å². The molecule has 1 aromatic carbocycles. The molecule has 0 fully saturated rings. The molecule has 0 radical (unpaired) electrons. The topological polar surface area (TPSA) is 81.0 Å². The van der Waals surface area contributed by atoms with E-state index >= 15 is 0 Å². The van der Waals surface area contributed by atoms with Crippen LogP contribution in [-0.2, 0) is 4.74 Å². The molecule has 0 atom stereocenters. The third-order valence-electron chi connectivity index (χ3n) is 2.57. The molecule has 0 bridgehead atoms. The maximum absolute atomic E-state index is 11.5. The number of ether oxygens (including phenoxy) is 1. The van der Waals surface area contributed by atoms with Gasteiger partial charge in [0.05, 0.1) is 24.0 Å². The van der Waals surface area contributed by atoms with E-state index in [-0.39, 0.29) is 0 Å². The molecule has 5 heteroatoms. The second-order valence-corrected chi connectivity index (χ2v) is 3.64. The molecule has 1 heterocycles. The zero-order valence-corrected chi connectivity index (χ0v) is 9.75. The second kappa shape index (κ2) is 4.63. The summed E-state index contributed by atoms with van der Waals surface area (Å²) in [5.74, 6) is -0.443. The Bertz CT molecular complexity index is 638. The highest BCUT2D eigenvalue weighted by Crippen LogP contribution is 2.21. The van der Waals surface area contributed by atoms with Crippen molar-refractivity contribution >= 4 is 11.7 Å². The summed E-state index contributed by atoms with van der Waals surface area (Å²) < 4.78 is 6.28. The maximum atomic E-state index is 11.5. The SMILES string of the molecule is COC(=O)c1ccc(N)c(-n2cccc2C#N)c1. The molecular weight excluding hydrogens is 230 g/mol. The number of nitrogens with zero attached hydrogens (tertiary/aromatic N) is 2. The standard InChI is InChI=1S/C13H11N3O2/c1-18-13(17)9-4-5-11(15)12(7-9)16-6-2-3-10(16)8-14/h2-7H,15H2,1H3. The Kier molecular flexibility index (Phi) is 3.02. The lowest BCUT2D eigenvalue weighted by Crippen LogP contribution is -2.06. The van der Waals surface area contributed by atoms with Gasteiger partial charge >= 0.3 is 5.97 Å². The fourth-order valence-corrected chi connectivity index (χ4v) is 1.68. The first-order chi connectivity index (χ1) is 8.67. The number of esters is 1. The first kappa shape index (κ1) is 11.7. The molecule has 2 N–H and O–H groups in total. The van der Waals surface area contributed by atoms with E-state index in [0.29, 0.717) is 22.6 Å². The lowest BCUT2D eigenvalue weighted by molar-refractivity contribution is 0.0600. The Labute approximate surface area is 104 Å². The van der Waals surface area contributed by atoms with Crippen LogP contribution in [-0.4, -0.2) is 17.6 Å². The van der Waals surface area contributed by atoms with Crippen molar-refractivity contribution in [3.8, 4) is 11.8 Å². The van der Waals surface area contributed by atoms with Gasteiger partial charge in [-0.15, -0.1) is 0 Å². The molecule has 0 saturated carbocycles. The summed E-state index contributed by atoms with van der Waals surface area (Å²) in [6.07, 6.45) is 1.71. The Morgan fingerprint density at radius 3 is 2.89 bits per heavy atom. The number of benzene rings is 1. The van der Waals surface area contributed by atoms with Gasteiger partial charge in [-0.3, -0.25) is 0 Å². The van der Waals surface area contributed by atoms with Gasteiger partial charge in [-0.25, -0.2) is 4.79 Å². The fraction of sp³-hybridized carbons (Fsp3) is 0.0769. The Balaban J connectivity index is 2.58. The lowest BCUT2D eigenvalue weighted by atomic mass is 10.1. The predicted molar refractivity (Wildman–Crippen MR) is 66.2 cm³/mol. The van der Waals surface area contributed by atoms with Gasteiger partial charge in [-0.2, -0.15) is 5.26 Å². The Morgan fingerprint density at radius 2 is 2.22 bits per heavy atom. The molecule has 0 aliphatic carbocycles. The van der Waals surface area contributed by atoms with Crippen LogP contribution in [0.15, 0.2) is 36.5 Å². The normalized spacial score (nSPS) is 9.78. The number of methoxy groups -OCH3 is 1. The number of carbonyl (C=O) groups is 1. The number of nitrogens with two attached hydrogens (primary N) is 1. The highest BCUT2D eigenvalue weighted by molar-refractivity contribution is 5.91. The van der Waals surface area contributed by atoms with Crippen molar-refractivity contribution in [2.24, 2.45) is 0 Å². The monoisotopic (exact) mass is 241 g/mol. The number of nitrogen functional groups attached to an aromatic ring is 1. The summed E-state index contributed by atoms with van der Waals surface area (Å²) >= 11 is 0. The number of aromatic nitrogens is 1. The summed E-state index contributed by atoms with van der Waals surface area (Å²) in [5, 5.41) is 8.98. The molecule has 2 aromatic rings. The van der Waals surface area contributed by atoms with Crippen molar-refractivity contribution in [2.45, 2.75) is 0 Å². The third-order valence-corrected chi connectivity index (χ3v) is 2.57. The fourth-order valence-electron chi connectivity index (χ4n) is 1.68. The molecule has 90 valence electrons. The van der Waals surface area contributed by atoms with Crippen LogP contribution < -0.4 is 5.73 Å². The van der Waals surface area contributed by atoms with Crippen molar-refractivity contribution < 1.29 is 9.53 Å². The van der Waals surface area contributed by atoms with Crippen molar-refractivity contribution in [3.63, 3.8) is 0 Å². The summed E-state index contributed by atoms with van der Waals surface area (Å²) in [7, 11) is 1.31. The average Bonchev–Trinajstić information content (AvgIpc) is 2.86. The number of hydrogen-bond donors (Lipinski definition) is 1. The number of hydrogen-bond acceptors (Lipinski definition) is 4. The van der Waals surface area contributed by atoms with E-state index in [9.17, 15) is 4.79 Å². The van der Waals surface area contributed by atoms with E-state index in [1.54, 1.807) is 41.1 Å². The molecule has 18 heavy (non-hydrogen) atoms. The third kappa shape index (κ3) is 1.92. The smallest absolute Gasteiger partial charge is 0.337 e. The van der Waals surface area contributed by atoms with E-state index in [1.807, 2.05) is 0 Å². The van der Waals surface area contributed by atoms with E-state index < -0.39 is 5.97 Å².